The number of rotatable bonds is 7. The van der Waals surface area contributed by atoms with Gasteiger partial charge in [-0.25, -0.2) is 4.79 Å². The predicted octanol–water partition coefficient (Wildman–Crippen LogP) is 5.07. The van der Waals surface area contributed by atoms with Gasteiger partial charge in [0.1, 0.15) is 12.4 Å². The van der Waals surface area contributed by atoms with Crippen molar-refractivity contribution in [3.05, 3.63) is 95.1 Å². The Morgan fingerprint density at radius 2 is 1.63 bits per heavy atom. The molecule has 0 bridgehead atoms. The Kier molecular flexibility index (Phi) is 6.86. The molecule has 0 aliphatic rings. The lowest BCUT2D eigenvalue weighted by Gasteiger charge is -2.14. The average Bonchev–Trinajstić information content (AvgIpc) is 2.75. The molecule has 0 fully saturated rings. The summed E-state index contributed by atoms with van der Waals surface area (Å²) in [4.78, 5) is 24.6. The Balaban J connectivity index is 1.54. The summed E-state index contributed by atoms with van der Waals surface area (Å²) in [5, 5.41) is 2.91. The van der Waals surface area contributed by atoms with Gasteiger partial charge in [-0.05, 0) is 62.2 Å². The summed E-state index contributed by atoms with van der Waals surface area (Å²) in [5.41, 5.74) is 4.34. The standard InChI is InChI=1S/C25H25NO4/c1-17-9-14-23(18(2)15-17)26-24(27)21-10-12-22(13-11-21)30-19(3)25(28)29-16-20-7-5-4-6-8-20/h4-15,19H,16H2,1-3H3,(H,26,27). The molecule has 3 aromatic rings. The van der Waals surface area contributed by atoms with E-state index >= 15 is 0 Å². The summed E-state index contributed by atoms with van der Waals surface area (Å²) < 4.78 is 10.9. The molecular weight excluding hydrogens is 378 g/mol. The number of ether oxygens (including phenoxy) is 2. The second-order valence-electron chi connectivity index (χ2n) is 7.15. The van der Waals surface area contributed by atoms with E-state index in [4.69, 9.17) is 9.47 Å². The van der Waals surface area contributed by atoms with Gasteiger partial charge in [-0.3, -0.25) is 4.79 Å². The first kappa shape index (κ1) is 21.1. The molecule has 5 nitrogen and oxygen atoms in total. The molecule has 0 aromatic heterocycles. The SMILES string of the molecule is Cc1ccc(NC(=O)c2ccc(OC(C)C(=O)OCc3ccccc3)cc2)c(C)c1. The highest BCUT2D eigenvalue weighted by Gasteiger charge is 2.17. The maximum absolute atomic E-state index is 12.5. The minimum Gasteiger partial charge on any atom is -0.479 e. The molecule has 5 heteroatoms. The molecule has 30 heavy (non-hydrogen) atoms. The topological polar surface area (TPSA) is 64.6 Å². The van der Waals surface area contributed by atoms with Gasteiger partial charge in [0.15, 0.2) is 6.10 Å². The van der Waals surface area contributed by atoms with Gasteiger partial charge in [0.2, 0.25) is 0 Å². The molecule has 1 unspecified atom stereocenters. The number of esters is 1. The largest absolute Gasteiger partial charge is 0.479 e. The summed E-state index contributed by atoms with van der Waals surface area (Å²) >= 11 is 0. The van der Waals surface area contributed by atoms with Crippen LogP contribution in [0.4, 0.5) is 5.69 Å². The first-order valence-corrected chi connectivity index (χ1v) is 9.78. The van der Waals surface area contributed by atoms with Crippen molar-refractivity contribution >= 4 is 17.6 Å². The molecule has 0 heterocycles. The van der Waals surface area contributed by atoms with Crippen LogP contribution in [0.5, 0.6) is 5.75 Å². The van der Waals surface area contributed by atoms with Crippen LogP contribution in [0, 0.1) is 13.8 Å². The molecule has 1 atom stereocenters. The van der Waals surface area contributed by atoms with Crippen molar-refractivity contribution in [1.29, 1.82) is 0 Å². The second-order valence-corrected chi connectivity index (χ2v) is 7.15. The van der Waals surface area contributed by atoms with E-state index in [0.717, 1.165) is 22.4 Å². The van der Waals surface area contributed by atoms with E-state index < -0.39 is 12.1 Å². The number of carbonyl (C=O) groups is 2. The highest BCUT2D eigenvalue weighted by atomic mass is 16.6. The van der Waals surface area contributed by atoms with Crippen LogP contribution in [-0.4, -0.2) is 18.0 Å². The zero-order valence-corrected chi connectivity index (χ0v) is 17.3. The van der Waals surface area contributed by atoms with Gasteiger partial charge < -0.3 is 14.8 Å². The minimum atomic E-state index is -0.761. The molecule has 0 saturated carbocycles. The van der Waals surface area contributed by atoms with Crippen LogP contribution in [0.2, 0.25) is 0 Å². The predicted molar refractivity (Wildman–Crippen MR) is 117 cm³/mol. The Labute approximate surface area is 176 Å². The zero-order valence-electron chi connectivity index (χ0n) is 17.3. The minimum absolute atomic E-state index is 0.199. The number of aryl methyl sites for hydroxylation is 2. The van der Waals surface area contributed by atoms with Crippen molar-refractivity contribution in [2.24, 2.45) is 0 Å². The molecule has 0 aliphatic heterocycles. The first-order chi connectivity index (χ1) is 14.4. The summed E-state index contributed by atoms with van der Waals surface area (Å²) in [6.07, 6.45) is -0.761. The third-order valence-electron chi connectivity index (χ3n) is 4.62. The van der Waals surface area contributed by atoms with Crippen LogP contribution < -0.4 is 10.1 Å². The molecular formula is C25H25NO4. The summed E-state index contributed by atoms with van der Waals surface area (Å²) in [6.45, 7) is 5.80. The lowest BCUT2D eigenvalue weighted by molar-refractivity contribution is -0.152. The van der Waals surface area contributed by atoms with Gasteiger partial charge in [0.05, 0.1) is 0 Å². The maximum Gasteiger partial charge on any atom is 0.347 e. The number of benzene rings is 3. The number of amides is 1. The zero-order chi connectivity index (χ0) is 21.5. The third kappa shape index (κ3) is 5.70. The van der Waals surface area contributed by atoms with E-state index in [2.05, 4.69) is 5.32 Å². The average molecular weight is 403 g/mol. The normalized spacial score (nSPS) is 11.4. The Bertz CT molecular complexity index is 1010. The molecule has 154 valence electrons. The Morgan fingerprint density at radius 3 is 2.30 bits per heavy atom. The maximum atomic E-state index is 12.5. The fourth-order valence-corrected chi connectivity index (χ4v) is 2.93. The van der Waals surface area contributed by atoms with Gasteiger partial charge >= 0.3 is 5.97 Å². The van der Waals surface area contributed by atoms with Crippen molar-refractivity contribution < 1.29 is 19.1 Å². The molecule has 3 rings (SSSR count). The molecule has 1 N–H and O–H groups in total. The van der Waals surface area contributed by atoms with Crippen molar-refractivity contribution in [2.45, 2.75) is 33.5 Å². The van der Waals surface area contributed by atoms with Gasteiger partial charge in [0.25, 0.3) is 5.91 Å². The molecule has 0 spiro atoms. The van der Waals surface area contributed by atoms with Crippen LogP contribution in [0.25, 0.3) is 0 Å². The van der Waals surface area contributed by atoms with Crippen molar-refractivity contribution in [3.63, 3.8) is 0 Å². The second kappa shape index (κ2) is 9.74. The lowest BCUT2D eigenvalue weighted by atomic mass is 10.1. The fraction of sp³-hybridized carbons (Fsp3) is 0.200. The smallest absolute Gasteiger partial charge is 0.347 e. The molecule has 0 aliphatic carbocycles. The van der Waals surface area contributed by atoms with E-state index in [1.807, 2.05) is 62.4 Å². The number of carbonyl (C=O) groups excluding carboxylic acids is 2. The molecule has 0 saturated heterocycles. The van der Waals surface area contributed by atoms with Crippen LogP contribution in [-0.2, 0) is 16.1 Å². The highest BCUT2D eigenvalue weighted by molar-refractivity contribution is 6.04. The van der Waals surface area contributed by atoms with Crippen molar-refractivity contribution in [2.75, 3.05) is 5.32 Å². The lowest BCUT2D eigenvalue weighted by Crippen LogP contribution is -2.26. The van der Waals surface area contributed by atoms with Gasteiger partial charge in [-0.1, -0.05) is 48.0 Å². The monoisotopic (exact) mass is 403 g/mol. The van der Waals surface area contributed by atoms with E-state index in [0.29, 0.717) is 11.3 Å². The highest BCUT2D eigenvalue weighted by Crippen LogP contribution is 2.19. The van der Waals surface area contributed by atoms with Gasteiger partial charge in [-0.2, -0.15) is 0 Å². The number of nitrogens with one attached hydrogen (secondary N) is 1. The van der Waals surface area contributed by atoms with E-state index in [1.165, 1.54) is 0 Å². The van der Waals surface area contributed by atoms with E-state index in [1.54, 1.807) is 31.2 Å². The van der Waals surface area contributed by atoms with Gasteiger partial charge in [-0.15, -0.1) is 0 Å². The van der Waals surface area contributed by atoms with Crippen LogP contribution >= 0.6 is 0 Å². The van der Waals surface area contributed by atoms with E-state index in [-0.39, 0.29) is 12.5 Å². The van der Waals surface area contributed by atoms with Crippen molar-refractivity contribution in [3.8, 4) is 5.75 Å². The van der Waals surface area contributed by atoms with Crippen molar-refractivity contribution in [1.82, 2.24) is 0 Å². The van der Waals surface area contributed by atoms with Crippen LogP contribution in [0.1, 0.15) is 34.0 Å². The third-order valence-corrected chi connectivity index (χ3v) is 4.62. The quantitative estimate of drug-likeness (QED) is 0.560. The molecule has 0 radical (unpaired) electrons. The Hall–Kier alpha value is -3.60. The fourth-order valence-electron chi connectivity index (χ4n) is 2.93. The first-order valence-electron chi connectivity index (χ1n) is 9.78. The summed E-state index contributed by atoms with van der Waals surface area (Å²) in [5.74, 6) is -0.165. The van der Waals surface area contributed by atoms with E-state index in [9.17, 15) is 9.59 Å². The number of hydrogen-bond acceptors (Lipinski definition) is 4. The summed E-state index contributed by atoms with van der Waals surface area (Å²) in [7, 11) is 0. The summed E-state index contributed by atoms with van der Waals surface area (Å²) in [6, 6.07) is 22.0. The van der Waals surface area contributed by atoms with Crippen LogP contribution in [0.15, 0.2) is 72.8 Å². The number of hydrogen-bond donors (Lipinski definition) is 1. The molecule has 3 aromatic carbocycles. The Morgan fingerprint density at radius 1 is 0.933 bits per heavy atom. The van der Waals surface area contributed by atoms with Gasteiger partial charge in [0, 0.05) is 11.3 Å². The van der Waals surface area contributed by atoms with Crippen LogP contribution in [0.3, 0.4) is 0 Å². The number of anilines is 1. The molecule has 1 amide bonds.